The number of hydrogen-bond donors (Lipinski definition) is 1. The Morgan fingerprint density at radius 2 is 2.27 bits per heavy atom. The highest BCUT2D eigenvalue weighted by atomic mass is 16.5. The SMILES string of the molecule is CO[C@@]12CCC[C@]1(C)C2CO. The Hall–Kier alpha value is -0.0800. The van der Waals surface area contributed by atoms with Crippen LogP contribution in [0.15, 0.2) is 0 Å². The molecular weight excluding hydrogens is 140 g/mol. The van der Waals surface area contributed by atoms with E-state index in [4.69, 9.17) is 9.84 Å². The molecular formula is C9H16O2. The molecule has 2 saturated carbocycles. The van der Waals surface area contributed by atoms with Crippen molar-refractivity contribution in [2.24, 2.45) is 11.3 Å². The topological polar surface area (TPSA) is 29.5 Å². The number of fused-ring (bicyclic) bond motifs is 1. The maximum atomic E-state index is 9.09. The Bertz CT molecular complexity index is 180. The van der Waals surface area contributed by atoms with Crippen LogP contribution in [0.3, 0.4) is 0 Å². The number of aliphatic hydroxyl groups excluding tert-OH is 1. The molecule has 2 aliphatic rings. The van der Waals surface area contributed by atoms with Crippen LogP contribution in [0.5, 0.6) is 0 Å². The van der Waals surface area contributed by atoms with Crippen LogP contribution >= 0.6 is 0 Å². The van der Waals surface area contributed by atoms with E-state index < -0.39 is 0 Å². The highest BCUT2D eigenvalue weighted by molar-refractivity contribution is 5.25. The third-order valence-electron chi connectivity index (χ3n) is 4.01. The second kappa shape index (κ2) is 1.99. The van der Waals surface area contributed by atoms with Gasteiger partial charge in [0.2, 0.25) is 0 Å². The molecule has 64 valence electrons. The molecule has 2 aliphatic carbocycles. The van der Waals surface area contributed by atoms with Crippen molar-refractivity contribution < 1.29 is 9.84 Å². The van der Waals surface area contributed by atoms with Gasteiger partial charge in [-0.05, 0) is 19.3 Å². The number of hydrogen-bond acceptors (Lipinski definition) is 2. The molecule has 1 unspecified atom stereocenters. The van der Waals surface area contributed by atoms with Crippen molar-refractivity contribution in [1.29, 1.82) is 0 Å². The summed E-state index contributed by atoms with van der Waals surface area (Å²) in [4.78, 5) is 0. The van der Waals surface area contributed by atoms with Crippen molar-refractivity contribution in [2.75, 3.05) is 13.7 Å². The highest BCUT2D eigenvalue weighted by Gasteiger charge is 2.75. The molecule has 0 aliphatic heterocycles. The first-order valence-corrected chi connectivity index (χ1v) is 4.37. The van der Waals surface area contributed by atoms with Gasteiger partial charge in [0.25, 0.3) is 0 Å². The fourth-order valence-electron chi connectivity index (χ4n) is 3.22. The quantitative estimate of drug-likeness (QED) is 0.650. The highest BCUT2D eigenvalue weighted by Crippen LogP contribution is 2.72. The van der Waals surface area contributed by atoms with E-state index in [0.717, 1.165) is 6.42 Å². The maximum absolute atomic E-state index is 9.09. The summed E-state index contributed by atoms with van der Waals surface area (Å²) >= 11 is 0. The van der Waals surface area contributed by atoms with Crippen LogP contribution in [-0.2, 0) is 4.74 Å². The first-order chi connectivity index (χ1) is 5.21. The van der Waals surface area contributed by atoms with E-state index in [-0.39, 0.29) is 5.60 Å². The van der Waals surface area contributed by atoms with E-state index in [9.17, 15) is 0 Å². The molecule has 11 heavy (non-hydrogen) atoms. The molecule has 0 radical (unpaired) electrons. The summed E-state index contributed by atoms with van der Waals surface area (Å²) < 4.78 is 5.52. The van der Waals surface area contributed by atoms with Gasteiger partial charge in [0.15, 0.2) is 0 Å². The Labute approximate surface area is 67.6 Å². The molecule has 0 spiro atoms. The first-order valence-electron chi connectivity index (χ1n) is 4.37. The summed E-state index contributed by atoms with van der Waals surface area (Å²) in [5, 5.41) is 9.09. The Morgan fingerprint density at radius 1 is 1.55 bits per heavy atom. The fraction of sp³-hybridized carbons (Fsp3) is 1.00. The summed E-state index contributed by atoms with van der Waals surface area (Å²) in [6.45, 7) is 2.54. The van der Waals surface area contributed by atoms with Crippen LogP contribution in [0.25, 0.3) is 0 Å². The first kappa shape index (κ1) is 7.56. The van der Waals surface area contributed by atoms with Crippen molar-refractivity contribution in [3.05, 3.63) is 0 Å². The van der Waals surface area contributed by atoms with Gasteiger partial charge in [-0.3, -0.25) is 0 Å². The monoisotopic (exact) mass is 156 g/mol. The second-order valence-electron chi connectivity index (χ2n) is 4.10. The van der Waals surface area contributed by atoms with Gasteiger partial charge in [-0.25, -0.2) is 0 Å². The zero-order valence-corrected chi connectivity index (χ0v) is 7.26. The van der Waals surface area contributed by atoms with Crippen molar-refractivity contribution in [3.63, 3.8) is 0 Å². The molecule has 0 aromatic rings. The summed E-state index contributed by atoms with van der Waals surface area (Å²) in [6.07, 6.45) is 3.64. The maximum Gasteiger partial charge on any atom is 0.0792 e. The minimum absolute atomic E-state index is 0.0573. The molecule has 0 aromatic carbocycles. The minimum Gasteiger partial charge on any atom is -0.396 e. The van der Waals surface area contributed by atoms with E-state index in [1.165, 1.54) is 12.8 Å². The number of ether oxygens (including phenoxy) is 1. The molecule has 0 aromatic heterocycles. The van der Waals surface area contributed by atoms with Crippen LogP contribution in [0.1, 0.15) is 26.2 Å². The minimum atomic E-state index is 0.0573. The summed E-state index contributed by atoms with van der Waals surface area (Å²) in [5.41, 5.74) is 0.359. The average molecular weight is 156 g/mol. The Morgan fingerprint density at radius 3 is 2.64 bits per heavy atom. The van der Waals surface area contributed by atoms with E-state index in [1.807, 2.05) is 0 Å². The Kier molecular flexibility index (Phi) is 1.37. The predicted molar refractivity (Wildman–Crippen MR) is 42.3 cm³/mol. The number of methoxy groups -OCH3 is 1. The van der Waals surface area contributed by atoms with Crippen molar-refractivity contribution in [3.8, 4) is 0 Å². The molecule has 2 rings (SSSR count). The zero-order valence-electron chi connectivity index (χ0n) is 7.26. The summed E-state index contributed by atoms with van der Waals surface area (Å²) in [5.74, 6) is 0.411. The van der Waals surface area contributed by atoms with E-state index in [1.54, 1.807) is 7.11 Å². The molecule has 0 bridgehead atoms. The molecule has 0 amide bonds. The van der Waals surface area contributed by atoms with Crippen LogP contribution in [0, 0.1) is 11.3 Å². The van der Waals surface area contributed by atoms with E-state index >= 15 is 0 Å². The van der Waals surface area contributed by atoms with E-state index in [0.29, 0.717) is 17.9 Å². The molecule has 2 nitrogen and oxygen atoms in total. The molecule has 0 heterocycles. The van der Waals surface area contributed by atoms with Gasteiger partial charge in [-0.1, -0.05) is 6.92 Å². The third kappa shape index (κ3) is 0.611. The standard InChI is InChI=1S/C9H16O2/c1-8-4-3-5-9(8,11-2)7(8)6-10/h7,10H,3-6H2,1-2H3/t7?,8-,9-/m1/s1. The lowest BCUT2D eigenvalue weighted by Crippen LogP contribution is -2.16. The van der Waals surface area contributed by atoms with Gasteiger partial charge >= 0.3 is 0 Å². The van der Waals surface area contributed by atoms with Gasteiger partial charge in [0.1, 0.15) is 0 Å². The smallest absolute Gasteiger partial charge is 0.0792 e. The summed E-state index contributed by atoms with van der Waals surface area (Å²) in [6, 6.07) is 0. The second-order valence-corrected chi connectivity index (χ2v) is 4.10. The largest absolute Gasteiger partial charge is 0.396 e. The van der Waals surface area contributed by atoms with Gasteiger partial charge < -0.3 is 9.84 Å². The molecule has 2 heteroatoms. The summed E-state index contributed by atoms with van der Waals surface area (Å²) in [7, 11) is 1.78. The number of aliphatic hydroxyl groups is 1. The zero-order chi connectivity index (χ0) is 8.11. The van der Waals surface area contributed by atoms with Crippen LogP contribution in [0.4, 0.5) is 0 Å². The predicted octanol–water partition coefficient (Wildman–Crippen LogP) is 1.18. The van der Waals surface area contributed by atoms with Gasteiger partial charge in [0.05, 0.1) is 5.60 Å². The molecule has 1 N–H and O–H groups in total. The van der Waals surface area contributed by atoms with Gasteiger partial charge in [0, 0.05) is 25.0 Å². The van der Waals surface area contributed by atoms with Crippen molar-refractivity contribution in [2.45, 2.75) is 31.8 Å². The lowest BCUT2D eigenvalue weighted by atomic mass is 10.0. The number of rotatable bonds is 2. The Balaban J connectivity index is 2.21. The van der Waals surface area contributed by atoms with Crippen LogP contribution < -0.4 is 0 Å². The van der Waals surface area contributed by atoms with Crippen LogP contribution in [-0.4, -0.2) is 24.4 Å². The molecule has 3 atom stereocenters. The molecule has 2 fully saturated rings. The van der Waals surface area contributed by atoms with Gasteiger partial charge in [-0.2, -0.15) is 0 Å². The third-order valence-corrected chi connectivity index (χ3v) is 4.01. The van der Waals surface area contributed by atoms with Crippen molar-refractivity contribution >= 4 is 0 Å². The fourth-order valence-corrected chi connectivity index (χ4v) is 3.22. The van der Waals surface area contributed by atoms with E-state index in [2.05, 4.69) is 6.92 Å². The normalized spacial score (nSPS) is 54.3. The average Bonchev–Trinajstić information content (AvgIpc) is 2.31. The van der Waals surface area contributed by atoms with Crippen LogP contribution in [0.2, 0.25) is 0 Å². The lowest BCUT2D eigenvalue weighted by Gasteiger charge is -2.11. The molecule has 0 saturated heterocycles. The lowest BCUT2D eigenvalue weighted by molar-refractivity contribution is 0.0431. The van der Waals surface area contributed by atoms with Gasteiger partial charge in [-0.15, -0.1) is 0 Å². The van der Waals surface area contributed by atoms with Crippen molar-refractivity contribution in [1.82, 2.24) is 0 Å².